The van der Waals surface area contributed by atoms with Gasteiger partial charge in [0.25, 0.3) is 0 Å². The molecule has 3 heterocycles. The zero-order valence-electron chi connectivity index (χ0n) is 23.3. The van der Waals surface area contributed by atoms with Crippen molar-refractivity contribution in [3.8, 4) is 22.2 Å². The number of thiazole rings is 1. The van der Waals surface area contributed by atoms with E-state index in [2.05, 4.69) is 29.9 Å². The van der Waals surface area contributed by atoms with Crippen molar-refractivity contribution in [3.05, 3.63) is 34.8 Å². The molecule has 1 saturated carbocycles. The first kappa shape index (κ1) is 27.3. The van der Waals surface area contributed by atoms with E-state index in [1.165, 1.54) is 7.11 Å². The highest BCUT2D eigenvalue weighted by molar-refractivity contribution is 7.13. The molecule has 4 unspecified atom stereocenters. The topological polar surface area (TPSA) is 112 Å². The summed E-state index contributed by atoms with van der Waals surface area (Å²) in [6.07, 6.45) is 1.65. The lowest BCUT2D eigenvalue weighted by Gasteiger charge is -2.20. The standard InChI is InChI=1S/C29H36N4O5S/c1-7-17-12-29(17,28(35)37-6)33-26(34)20-10-18(13-30-20)38-24-11-21(27-32-22(14-39-27)15(2)3)31-25-16(4)23(36-5)9-8-19(24)25/h8-9,11,14-15,17-18,20,30H,7,10,12-13H2,1-6H3,(H,33,34). The van der Waals surface area contributed by atoms with Gasteiger partial charge in [-0.15, -0.1) is 11.3 Å². The van der Waals surface area contributed by atoms with Gasteiger partial charge in [0.15, 0.2) is 0 Å². The number of carbonyl (C=O) groups excluding carboxylic acids is 2. The van der Waals surface area contributed by atoms with Crippen molar-refractivity contribution in [3.63, 3.8) is 0 Å². The summed E-state index contributed by atoms with van der Waals surface area (Å²) in [7, 11) is 3.01. The largest absolute Gasteiger partial charge is 0.496 e. The van der Waals surface area contributed by atoms with Gasteiger partial charge in [0, 0.05) is 35.4 Å². The predicted molar refractivity (Wildman–Crippen MR) is 150 cm³/mol. The Morgan fingerprint density at radius 2 is 2.03 bits per heavy atom. The quantitative estimate of drug-likeness (QED) is 0.377. The number of esters is 1. The van der Waals surface area contributed by atoms with Gasteiger partial charge in [-0.1, -0.05) is 27.2 Å². The third kappa shape index (κ3) is 5.07. The number of nitrogens with zero attached hydrogens (tertiary/aromatic N) is 2. The van der Waals surface area contributed by atoms with Crippen LogP contribution in [0.5, 0.6) is 11.5 Å². The molecule has 0 radical (unpaired) electrons. The Balaban J connectivity index is 1.39. The van der Waals surface area contributed by atoms with Crippen LogP contribution >= 0.6 is 11.3 Å². The lowest BCUT2D eigenvalue weighted by Crippen LogP contribution is -2.51. The highest BCUT2D eigenvalue weighted by atomic mass is 32.1. The van der Waals surface area contributed by atoms with Gasteiger partial charge in [0.05, 0.1) is 31.5 Å². The smallest absolute Gasteiger partial charge is 0.331 e. The number of ether oxygens (including phenoxy) is 3. The predicted octanol–water partition coefficient (Wildman–Crippen LogP) is 4.37. The molecule has 1 aliphatic heterocycles. The van der Waals surface area contributed by atoms with Crippen molar-refractivity contribution in [2.75, 3.05) is 20.8 Å². The summed E-state index contributed by atoms with van der Waals surface area (Å²) in [6, 6.07) is 5.35. The SMILES string of the molecule is CCC1CC1(NC(=O)C1CC(Oc2cc(-c3nc(C(C)C)cs3)nc3c(C)c(OC)ccc23)CN1)C(=O)OC. The van der Waals surface area contributed by atoms with Crippen LogP contribution in [-0.2, 0) is 14.3 Å². The van der Waals surface area contributed by atoms with Crippen LogP contribution in [0.4, 0.5) is 0 Å². The number of fused-ring (bicyclic) bond motifs is 1. The minimum Gasteiger partial charge on any atom is -0.496 e. The van der Waals surface area contributed by atoms with E-state index in [9.17, 15) is 9.59 Å². The van der Waals surface area contributed by atoms with Crippen molar-refractivity contribution in [1.82, 2.24) is 20.6 Å². The number of aromatic nitrogens is 2. The molecule has 1 saturated heterocycles. The maximum Gasteiger partial charge on any atom is 0.331 e. The molecule has 2 fully saturated rings. The molecule has 9 nitrogen and oxygen atoms in total. The van der Waals surface area contributed by atoms with Crippen LogP contribution in [0.25, 0.3) is 21.6 Å². The maximum absolute atomic E-state index is 13.1. The van der Waals surface area contributed by atoms with Crippen molar-refractivity contribution in [2.45, 2.75) is 70.6 Å². The third-order valence-electron chi connectivity index (χ3n) is 7.89. The number of aryl methyl sites for hydroxylation is 1. The van der Waals surface area contributed by atoms with E-state index in [-0.39, 0.29) is 23.9 Å². The molecule has 1 amide bonds. The van der Waals surface area contributed by atoms with Gasteiger partial charge in [0.2, 0.25) is 5.91 Å². The van der Waals surface area contributed by atoms with E-state index in [0.29, 0.717) is 31.1 Å². The van der Waals surface area contributed by atoms with Gasteiger partial charge in [0.1, 0.15) is 33.8 Å². The second-order valence-electron chi connectivity index (χ2n) is 10.7. The third-order valence-corrected chi connectivity index (χ3v) is 8.78. The molecule has 39 heavy (non-hydrogen) atoms. The van der Waals surface area contributed by atoms with Crippen molar-refractivity contribution < 1.29 is 23.8 Å². The molecule has 1 aromatic carbocycles. The van der Waals surface area contributed by atoms with Crippen LogP contribution in [0.15, 0.2) is 23.6 Å². The summed E-state index contributed by atoms with van der Waals surface area (Å²) < 4.78 is 17.1. The molecular weight excluding hydrogens is 516 g/mol. The summed E-state index contributed by atoms with van der Waals surface area (Å²) in [4.78, 5) is 35.3. The Morgan fingerprint density at radius 1 is 1.23 bits per heavy atom. The Morgan fingerprint density at radius 3 is 2.67 bits per heavy atom. The Labute approximate surface area is 232 Å². The molecule has 4 atom stereocenters. The van der Waals surface area contributed by atoms with Crippen LogP contribution < -0.4 is 20.1 Å². The maximum atomic E-state index is 13.1. The minimum absolute atomic E-state index is 0.103. The van der Waals surface area contributed by atoms with E-state index in [1.807, 2.05) is 32.0 Å². The molecule has 208 valence electrons. The summed E-state index contributed by atoms with van der Waals surface area (Å²) in [5.74, 6) is 1.29. The molecule has 0 spiro atoms. The normalized spacial score (nSPS) is 24.1. The van der Waals surface area contributed by atoms with Gasteiger partial charge in [-0.05, 0) is 37.3 Å². The fourth-order valence-corrected chi connectivity index (χ4v) is 6.36. The number of nitrogens with one attached hydrogen (secondary N) is 2. The molecular formula is C29H36N4O5S. The summed E-state index contributed by atoms with van der Waals surface area (Å²) in [5, 5.41) is 10.0. The summed E-state index contributed by atoms with van der Waals surface area (Å²) in [6.45, 7) is 8.74. The summed E-state index contributed by atoms with van der Waals surface area (Å²) in [5.41, 5.74) is 2.58. The average Bonchev–Trinajstić information content (AvgIpc) is 3.26. The van der Waals surface area contributed by atoms with Gasteiger partial charge < -0.3 is 24.8 Å². The molecule has 1 aliphatic carbocycles. The first-order valence-corrected chi connectivity index (χ1v) is 14.3. The number of hydrogen-bond donors (Lipinski definition) is 2. The number of methoxy groups -OCH3 is 2. The van der Waals surface area contributed by atoms with Crippen LogP contribution in [-0.4, -0.2) is 60.3 Å². The number of rotatable bonds is 9. The highest BCUT2D eigenvalue weighted by Crippen LogP contribution is 2.47. The number of carbonyl (C=O) groups is 2. The number of benzene rings is 1. The van der Waals surface area contributed by atoms with Crippen molar-refractivity contribution >= 4 is 34.1 Å². The molecule has 5 rings (SSSR count). The van der Waals surface area contributed by atoms with Crippen LogP contribution in [0.3, 0.4) is 0 Å². The summed E-state index contributed by atoms with van der Waals surface area (Å²) >= 11 is 1.56. The zero-order chi connectivity index (χ0) is 27.9. The average molecular weight is 553 g/mol. The van der Waals surface area contributed by atoms with Gasteiger partial charge in [-0.3, -0.25) is 4.79 Å². The number of amides is 1. The van der Waals surface area contributed by atoms with Crippen molar-refractivity contribution in [1.29, 1.82) is 0 Å². The molecule has 2 N–H and O–H groups in total. The Bertz CT molecular complexity index is 1410. The molecule has 2 aromatic heterocycles. The Hall–Kier alpha value is -3.24. The highest BCUT2D eigenvalue weighted by Gasteiger charge is 2.61. The first-order chi connectivity index (χ1) is 18.7. The number of hydrogen-bond acceptors (Lipinski definition) is 9. The second kappa shape index (κ2) is 10.7. The van der Waals surface area contributed by atoms with Crippen LogP contribution in [0.1, 0.15) is 57.2 Å². The lowest BCUT2D eigenvalue weighted by atomic mass is 10.1. The van der Waals surface area contributed by atoms with E-state index in [1.54, 1.807) is 18.4 Å². The van der Waals surface area contributed by atoms with Crippen LogP contribution in [0.2, 0.25) is 0 Å². The number of pyridine rings is 1. The van der Waals surface area contributed by atoms with E-state index in [4.69, 9.17) is 24.2 Å². The van der Waals surface area contributed by atoms with E-state index >= 15 is 0 Å². The molecule has 3 aromatic rings. The van der Waals surface area contributed by atoms with Crippen LogP contribution in [0, 0.1) is 12.8 Å². The van der Waals surface area contributed by atoms with Gasteiger partial charge in [-0.25, -0.2) is 14.8 Å². The van der Waals surface area contributed by atoms with Crippen molar-refractivity contribution in [2.24, 2.45) is 5.92 Å². The Kier molecular flexibility index (Phi) is 7.52. The van der Waals surface area contributed by atoms with E-state index in [0.717, 1.165) is 45.0 Å². The monoisotopic (exact) mass is 552 g/mol. The fourth-order valence-electron chi connectivity index (χ4n) is 5.41. The minimum atomic E-state index is -0.906. The molecule has 2 aliphatic rings. The van der Waals surface area contributed by atoms with E-state index < -0.39 is 11.6 Å². The first-order valence-electron chi connectivity index (χ1n) is 13.4. The molecule has 10 heteroatoms. The molecule has 0 bridgehead atoms. The van der Waals surface area contributed by atoms with Gasteiger partial charge in [-0.2, -0.15) is 0 Å². The lowest BCUT2D eigenvalue weighted by molar-refractivity contribution is -0.147. The second-order valence-corrected chi connectivity index (χ2v) is 11.6. The van der Waals surface area contributed by atoms with Gasteiger partial charge >= 0.3 is 5.97 Å². The fraction of sp³-hybridized carbons (Fsp3) is 0.517. The zero-order valence-corrected chi connectivity index (χ0v) is 24.1.